The van der Waals surface area contributed by atoms with E-state index in [1.807, 2.05) is 44.2 Å². The Labute approximate surface area is 117 Å². The number of rotatable bonds is 2. The summed E-state index contributed by atoms with van der Waals surface area (Å²) in [6.07, 6.45) is 0. The molecule has 2 aromatic carbocycles. The van der Waals surface area contributed by atoms with Crippen molar-refractivity contribution < 1.29 is 4.79 Å². The number of benzene rings is 2. The molecule has 3 nitrogen and oxygen atoms in total. The minimum atomic E-state index is -0.273. The minimum Gasteiger partial charge on any atom is -0.308 e. The van der Waals surface area contributed by atoms with Gasteiger partial charge in [-0.2, -0.15) is 0 Å². The smallest absolute Gasteiger partial charge is 0.308 e. The van der Waals surface area contributed by atoms with Crippen molar-refractivity contribution in [3.8, 4) is 0 Å². The highest BCUT2D eigenvalue weighted by molar-refractivity contribution is 6.31. The van der Waals surface area contributed by atoms with E-state index in [-0.39, 0.29) is 6.03 Å². The van der Waals surface area contributed by atoms with E-state index < -0.39 is 0 Å². The molecule has 2 rings (SSSR count). The molecule has 2 N–H and O–H groups in total. The fraction of sp³-hybridized carbons (Fsp3) is 0.133. The van der Waals surface area contributed by atoms with Gasteiger partial charge in [0.2, 0.25) is 0 Å². The Morgan fingerprint density at radius 1 is 0.947 bits per heavy atom. The Balaban J connectivity index is 2.01. The zero-order chi connectivity index (χ0) is 13.8. The molecule has 0 atom stereocenters. The van der Waals surface area contributed by atoms with Crippen LogP contribution in [-0.2, 0) is 0 Å². The lowest BCUT2D eigenvalue weighted by Gasteiger charge is -2.09. The summed E-state index contributed by atoms with van der Waals surface area (Å²) in [5.74, 6) is 0. The summed E-state index contributed by atoms with van der Waals surface area (Å²) in [7, 11) is 0. The number of urea groups is 1. The molecular formula is C15H15ClN2O. The van der Waals surface area contributed by atoms with E-state index in [1.165, 1.54) is 0 Å². The van der Waals surface area contributed by atoms with Crippen molar-refractivity contribution >= 4 is 29.0 Å². The first kappa shape index (κ1) is 13.4. The Morgan fingerprint density at radius 2 is 1.53 bits per heavy atom. The number of anilines is 2. The normalized spacial score (nSPS) is 10.1. The highest BCUT2D eigenvalue weighted by Crippen LogP contribution is 2.19. The molecule has 0 bridgehead atoms. The van der Waals surface area contributed by atoms with Gasteiger partial charge in [0.1, 0.15) is 0 Å². The number of aryl methyl sites for hydroxylation is 2. The third kappa shape index (κ3) is 3.73. The zero-order valence-electron chi connectivity index (χ0n) is 10.8. The molecule has 0 fully saturated rings. The number of nitrogens with one attached hydrogen (secondary N) is 2. The number of hydrogen-bond acceptors (Lipinski definition) is 1. The van der Waals surface area contributed by atoms with Crippen molar-refractivity contribution in [3.63, 3.8) is 0 Å². The molecule has 0 radical (unpaired) electrons. The predicted octanol–water partition coefficient (Wildman–Crippen LogP) is 4.60. The molecular weight excluding hydrogens is 260 g/mol. The van der Waals surface area contributed by atoms with Crippen LogP contribution in [0.5, 0.6) is 0 Å². The molecule has 0 saturated heterocycles. The summed E-state index contributed by atoms with van der Waals surface area (Å²) < 4.78 is 0. The highest BCUT2D eigenvalue weighted by atomic mass is 35.5. The molecule has 2 amide bonds. The van der Waals surface area contributed by atoms with Crippen LogP contribution in [0.3, 0.4) is 0 Å². The average Bonchev–Trinajstić information content (AvgIpc) is 2.37. The first-order valence-electron chi connectivity index (χ1n) is 5.95. The largest absolute Gasteiger partial charge is 0.323 e. The van der Waals surface area contributed by atoms with Crippen LogP contribution >= 0.6 is 11.6 Å². The molecule has 0 saturated carbocycles. The first-order valence-corrected chi connectivity index (χ1v) is 6.33. The van der Waals surface area contributed by atoms with Crippen molar-refractivity contribution in [3.05, 3.63) is 58.6 Å². The quantitative estimate of drug-likeness (QED) is 0.825. The summed E-state index contributed by atoms with van der Waals surface area (Å²) in [6, 6.07) is 12.7. The van der Waals surface area contributed by atoms with Crippen LogP contribution in [0.2, 0.25) is 5.02 Å². The van der Waals surface area contributed by atoms with Crippen LogP contribution in [0.15, 0.2) is 42.5 Å². The molecule has 2 aromatic rings. The molecule has 0 heterocycles. The monoisotopic (exact) mass is 274 g/mol. The topological polar surface area (TPSA) is 41.1 Å². The van der Waals surface area contributed by atoms with Crippen LogP contribution in [-0.4, -0.2) is 6.03 Å². The van der Waals surface area contributed by atoms with Gasteiger partial charge >= 0.3 is 6.03 Å². The molecule has 0 aliphatic rings. The van der Waals surface area contributed by atoms with Gasteiger partial charge in [0.25, 0.3) is 0 Å². The van der Waals surface area contributed by atoms with E-state index in [9.17, 15) is 4.79 Å². The molecule has 0 aromatic heterocycles. The van der Waals surface area contributed by atoms with E-state index in [4.69, 9.17) is 11.6 Å². The van der Waals surface area contributed by atoms with Gasteiger partial charge in [-0.05, 0) is 49.7 Å². The van der Waals surface area contributed by atoms with E-state index in [2.05, 4.69) is 10.6 Å². The van der Waals surface area contributed by atoms with E-state index in [0.717, 1.165) is 16.8 Å². The summed E-state index contributed by atoms with van der Waals surface area (Å²) in [5.41, 5.74) is 3.55. The molecule has 4 heteroatoms. The van der Waals surface area contributed by atoms with E-state index in [0.29, 0.717) is 10.7 Å². The van der Waals surface area contributed by atoms with Gasteiger partial charge in [-0.1, -0.05) is 29.3 Å². The van der Waals surface area contributed by atoms with Crippen molar-refractivity contribution in [2.45, 2.75) is 13.8 Å². The molecule has 0 aliphatic carbocycles. The van der Waals surface area contributed by atoms with E-state index in [1.54, 1.807) is 12.1 Å². The van der Waals surface area contributed by atoms with Gasteiger partial charge in [-0.3, -0.25) is 0 Å². The molecule has 98 valence electrons. The second kappa shape index (κ2) is 5.76. The third-order valence-corrected chi connectivity index (χ3v) is 3.15. The van der Waals surface area contributed by atoms with Crippen LogP contribution in [0.4, 0.5) is 16.2 Å². The average molecular weight is 275 g/mol. The van der Waals surface area contributed by atoms with Gasteiger partial charge in [0.05, 0.1) is 0 Å². The van der Waals surface area contributed by atoms with Gasteiger partial charge in [-0.25, -0.2) is 4.79 Å². The van der Waals surface area contributed by atoms with Gasteiger partial charge in [0, 0.05) is 16.4 Å². The van der Waals surface area contributed by atoms with Crippen molar-refractivity contribution in [2.24, 2.45) is 0 Å². The lowest BCUT2D eigenvalue weighted by atomic mass is 10.2. The minimum absolute atomic E-state index is 0.273. The number of hydrogen-bond donors (Lipinski definition) is 2. The fourth-order valence-corrected chi connectivity index (χ4v) is 1.77. The number of halogens is 1. The van der Waals surface area contributed by atoms with Gasteiger partial charge < -0.3 is 10.6 Å². The maximum absolute atomic E-state index is 11.8. The Morgan fingerprint density at radius 3 is 2.16 bits per heavy atom. The Hall–Kier alpha value is -2.00. The number of amides is 2. The predicted molar refractivity (Wildman–Crippen MR) is 80.0 cm³/mol. The maximum atomic E-state index is 11.8. The summed E-state index contributed by atoms with van der Waals surface area (Å²) >= 11 is 5.93. The van der Waals surface area contributed by atoms with Crippen LogP contribution < -0.4 is 10.6 Å². The van der Waals surface area contributed by atoms with Gasteiger partial charge in [-0.15, -0.1) is 0 Å². The van der Waals surface area contributed by atoms with Crippen molar-refractivity contribution in [2.75, 3.05) is 10.6 Å². The Bertz CT molecular complexity index is 594. The van der Waals surface area contributed by atoms with Crippen LogP contribution in [0, 0.1) is 13.8 Å². The van der Waals surface area contributed by atoms with Gasteiger partial charge in [0.15, 0.2) is 0 Å². The van der Waals surface area contributed by atoms with Crippen LogP contribution in [0.25, 0.3) is 0 Å². The Kier molecular flexibility index (Phi) is 4.07. The lowest BCUT2D eigenvalue weighted by molar-refractivity contribution is 0.262. The second-order valence-corrected chi connectivity index (χ2v) is 4.82. The SMILES string of the molecule is Cc1ccc(NC(=O)Nc2ccc(Cl)c(C)c2)cc1. The zero-order valence-corrected chi connectivity index (χ0v) is 11.6. The molecule has 0 aliphatic heterocycles. The van der Waals surface area contributed by atoms with Crippen LogP contribution in [0.1, 0.15) is 11.1 Å². The van der Waals surface area contributed by atoms with E-state index >= 15 is 0 Å². The lowest BCUT2D eigenvalue weighted by Crippen LogP contribution is -2.19. The highest BCUT2D eigenvalue weighted by Gasteiger charge is 2.03. The molecule has 19 heavy (non-hydrogen) atoms. The summed E-state index contributed by atoms with van der Waals surface area (Å²) in [5, 5.41) is 6.22. The maximum Gasteiger partial charge on any atom is 0.323 e. The molecule has 0 spiro atoms. The summed E-state index contributed by atoms with van der Waals surface area (Å²) in [6.45, 7) is 3.89. The third-order valence-electron chi connectivity index (χ3n) is 2.73. The number of carbonyl (C=O) groups excluding carboxylic acids is 1. The standard InChI is InChI=1S/C15H15ClN2O/c1-10-3-5-12(6-4-10)17-15(19)18-13-7-8-14(16)11(2)9-13/h3-9H,1-2H3,(H2,17,18,19). The van der Waals surface area contributed by atoms with Crippen molar-refractivity contribution in [1.29, 1.82) is 0 Å². The number of carbonyl (C=O) groups is 1. The van der Waals surface area contributed by atoms with Crippen molar-refractivity contribution in [1.82, 2.24) is 0 Å². The fourth-order valence-electron chi connectivity index (χ4n) is 1.65. The summed E-state index contributed by atoms with van der Waals surface area (Å²) in [4.78, 5) is 11.8. The second-order valence-electron chi connectivity index (χ2n) is 4.41. The first-order chi connectivity index (χ1) is 9.04. The molecule has 0 unspecified atom stereocenters.